The summed E-state index contributed by atoms with van der Waals surface area (Å²) in [4.78, 5) is 24.5. The number of carbonyl (C=O) groups is 1. The number of halogens is 1. The lowest BCUT2D eigenvalue weighted by Crippen LogP contribution is -2.14. The molecule has 5 nitrogen and oxygen atoms in total. The number of thioether (sulfide) groups is 1. The second-order valence-electron chi connectivity index (χ2n) is 5.81. The number of benzene rings is 2. The van der Waals surface area contributed by atoms with Gasteiger partial charge in [0.05, 0.1) is 23.0 Å². The van der Waals surface area contributed by atoms with Gasteiger partial charge < -0.3 is 10.3 Å². The molecule has 1 aromatic heterocycles. The number of hydrogen-bond donors (Lipinski definition) is 2. The summed E-state index contributed by atoms with van der Waals surface area (Å²) in [7, 11) is 0. The molecule has 4 rings (SSSR count). The number of carbonyl (C=O) groups excluding carboxylic acids is 1. The number of rotatable bonds is 4. The molecule has 1 atom stereocenters. The van der Waals surface area contributed by atoms with Gasteiger partial charge in [0.1, 0.15) is 11.9 Å². The van der Waals surface area contributed by atoms with Crippen molar-refractivity contribution in [3.63, 3.8) is 0 Å². The van der Waals surface area contributed by atoms with Gasteiger partial charge in [0, 0.05) is 16.5 Å². The predicted octanol–water partition coefficient (Wildman–Crippen LogP) is 4.21. The number of amides is 1. The zero-order valence-electron chi connectivity index (χ0n) is 13.2. The first-order valence-corrected chi connectivity index (χ1v) is 9.27. The van der Waals surface area contributed by atoms with Crippen molar-refractivity contribution in [2.75, 3.05) is 11.1 Å². The Morgan fingerprint density at radius 3 is 2.88 bits per heavy atom. The highest BCUT2D eigenvalue weighted by Gasteiger charge is 2.17. The van der Waals surface area contributed by atoms with Crippen molar-refractivity contribution in [3.05, 3.63) is 58.9 Å². The van der Waals surface area contributed by atoms with Crippen LogP contribution in [-0.4, -0.2) is 27.2 Å². The highest BCUT2D eigenvalue weighted by molar-refractivity contribution is 8.12. The maximum absolute atomic E-state index is 12.2. The lowest BCUT2D eigenvalue weighted by Gasteiger charge is -2.05. The van der Waals surface area contributed by atoms with Crippen LogP contribution in [0.2, 0.25) is 5.02 Å². The van der Waals surface area contributed by atoms with Crippen LogP contribution in [0, 0.1) is 0 Å². The monoisotopic (exact) mass is 370 g/mol. The van der Waals surface area contributed by atoms with Gasteiger partial charge in [0.15, 0.2) is 0 Å². The van der Waals surface area contributed by atoms with Crippen LogP contribution in [0.15, 0.2) is 47.5 Å². The summed E-state index contributed by atoms with van der Waals surface area (Å²) < 4.78 is 0. The van der Waals surface area contributed by atoms with E-state index in [1.54, 1.807) is 23.9 Å². The summed E-state index contributed by atoms with van der Waals surface area (Å²) >= 11 is 7.55. The molecule has 7 heteroatoms. The molecule has 25 heavy (non-hydrogen) atoms. The number of nitrogens with zero attached hydrogens (tertiary/aromatic N) is 2. The average Bonchev–Trinajstić information content (AvgIpc) is 3.25. The minimum Gasteiger partial charge on any atom is -0.340 e. The Bertz CT molecular complexity index is 951. The van der Waals surface area contributed by atoms with E-state index in [4.69, 9.17) is 11.6 Å². The van der Waals surface area contributed by atoms with Gasteiger partial charge in [-0.05, 0) is 35.9 Å². The maximum atomic E-state index is 12.2. The third kappa shape index (κ3) is 3.70. The van der Waals surface area contributed by atoms with Gasteiger partial charge in [-0.3, -0.25) is 9.79 Å². The van der Waals surface area contributed by atoms with Crippen LogP contribution in [0.25, 0.3) is 11.0 Å². The van der Waals surface area contributed by atoms with Crippen molar-refractivity contribution >= 4 is 51.5 Å². The van der Waals surface area contributed by atoms with Gasteiger partial charge in [-0.25, -0.2) is 4.98 Å². The van der Waals surface area contributed by atoms with Crippen LogP contribution in [-0.2, 0) is 11.2 Å². The Morgan fingerprint density at radius 1 is 1.28 bits per heavy atom. The van der Waals surface area contributed by atoms with Gasteiger partial charge in [-0.15, -0.1) is 11.8 Å². The summed E-state index contributed by atoms with van der Waals surface area (Å²) in [5.41, 5.74) is 5.29. The molecule has 126 valence electrons. The Morgan fingerprint density at radius 2 is 2.12 bits per heavy atom. The number of hydrogen-bond acceptors (Lipinski definition) is 4. The maximum Gasteiger partial charge on any atom is 0.228 e. The molecule has 0 fully saturated rings. The third-order valence-corrected chi connectivity index (χ3v) is 4.98. The molecule has 1 amide bonds. The van der Waals surface area contributed by atoms with Gasteiger partial charge in [-0.2, -0.15) is 0 Å². The first-order chi connectivity index (χ1) is 12.2. The van der Waals surface area contributed by atoms with Crippen LogP contribution >= 0.6 is 23.4 Å². The van der Waals surface area contributed by atoms with Crippen molar-refractivity contribution in [2.24, 2.45) is 4.99 Å². The molecule has 0 spiro atoms. The highest BCUT2D eigenvalue weighted by atomic mass is 35.5. The first-order valence-electron chi connectivity index (χ1n) is 7.84. The molecule has 2 heterocycles. The molecule has 1 aliphatic heterocycles. The number of H-pyrrole nitrogens is 1. The average molecular weight is 371 g/mol. The smallest absolute Gasteiger partial charge is 0.228 e. The van der Waals surface area contributed by atoms with Crippen LogP contribution in [0.4, 0.5) is 5.69 Å². The minimum absolute atomic E-state index is 0.0711. The predicted molar refractivity (Wildman–Crippen MR) is 104 cm³/mol. The number of imidazole rings is 1. The number of aromatic amines is 1. The van der Waals surface area contributed by atoms with E-state index in [0.717, 1.165) is 33.9 Å². The van der Waals surface area contributed by atoms with Gasteiger partial charge in [0.25, 0.3) is 0 Å². The third-order valence-electron chi connectivity index (χ3n) is 3.95. The van der Waals surface area contributed by atoms with E-state index in [-0.39, 0.29) is 11.9 Å². The van der Waals surface area contributed by atoms with Crippen LogP contribution < -0.4 is 5.32 Å². The van der Waals surface area contributed by atoms with E-state index in [1.165, 1.54) is 0 Å². The SMILES string of the molecule is O=C(Cc1ccc(Cl)cc1)Nc1ccc2nc(C3CSC=N3)[nH]c2c1. The molecule has 3 aromatic rings. The number of nitrogens with one attached hydrogen (secondary N) is 2. The zero-order chi connectivity index (χ0) is 17.2. The van der Waals surface area contributed by atoms with Crippen molar-refractivity contribution in [2.45, 2.75) is 12.5 Å². The van der Waals surface area contributed by atoms with E-state index in [0.29, 0.717) is 11.4 Å². The summed E-state index contributed by atoms with van der Waals surface area (Å²) in [6.07, 6.45) is 0.303. The van der Waals surface area contributed by atoms with E-state index in [1.807, 2.05) is 35.9 Å². The molecule has 0 bridgehead atoms. The van der Waals surface area contributed by atoms with Crippen molar-refractivity contribution in [1.82, 2.24) is 9.97 Å². The topological polar surface area (TPSA) is 70.1 Å². The number of fused-ring (bicyclic) bond motifs is 1. The molecule has 0 saturated carbocycles. The highest BCUT2D eigenvalue weighted by Crippen LogP contribution is 2.27. The summed E-state index contributed by atoms with van der Waals surface area (Å²) in [6, 6.07) is 13.0. The molecule has 0 aliphatic carbocycles. The Kier molecular flexibility index (Phi) is 4.46. The molecular weight excluding hydrogens is 356 g/mol. The van der Waals surface area contributed by atoms with Crippen molar-refractivity contribution in [3.8, 4) is 0 Å². The van der Waals surface area contributed by atoms with E-state index in [2.05, 4.69) is 20.3 Å². The molecular formula is C18H15ClN4OS. The van der Waals surface area contributed by atoms with E-state index in [9.17, 15) is 4.79 Å². The second-order valence-corrected chi connectivity index (χ2v) is 7.12. The van der Waals surface area contributed by atoms with Gasteiger partial charge >= 0.3 is 0 Å². The number of aromatic nitrogens is 2. The number of aliphatic imine (C=N–C) groups is 1. The van der Waals surface area contributed by atoms with Crippen molar-refractivity contribution in [1.29, 1.82) is 0 Å². The molecule has 2 N–H and O–H groups in total. The zero-order valence-corrected chi connectivity index (χ0v) is 14.8. The summed E-state index contributed by atoms with van der Waals surface area (Å²) in [6.45, 7) is 0. The molecule has 0 radical (unpaired) electrons. The standard InChI is InChI=1S/C18H15ClN4OS/c19-12-3-1-11(2-4-12)7-17(24)21-13-5-6-14-15(8-13)23-18(22-14)16-9-25-10-20-16/h1-6,8,10,16H,7,9H2,(H,21,24)(H,22,23). The van der Waals surface area contributed by atoms with E-state index < -0.39 is 0 Å². The lowest BCUT2D eigenvalue weighted by molar-refractivity contribution is -0.115. The fraction of sp³-hybridized carbons (Fsp3) is 0.167. The summed E-state index contributed by atoms with van der Waals surface area (Å²) in [5, 5.41) is 3.58. The second kappa shape index (κ2) is 6.90. The van der Waals surface area contributed by atoms with Gasteiger partial charge in [-0.1, -0.05) is 23.7 Å². The lowest BCUT2D eigenvalue weighted by atomic mass is 10.1. The van der Waals surface area contributed by atoms with Gasteiger partial charge in [0.2, 0.25) is 5.91 Å². The molecule has 2 aromatic carbocycles. The molecule has 1 aliphatic rings. The Hall–Kier alpha value is -2.31. The Balaban J connectivity index is 1.48. The van der Waals surface area contributed by atoms with E-state index >= 15 is 0 Å². The summed E-state index contributed by atoms with van der Waals surface area (Å²) in [5.74, 6) is 1.70. The van der Waals surface area contributed by atoms with Crippen LogP contribution in [0.1, 0.15) is 17.4 Å². The van der Waals surface area contributed by atoms with Crippen LogP contribution in [0.5, 0.6) is 0 Å². The minimum atomic E-state index is -0.0711. The first kappa shape index (κ1) is 16.2. The largest absolute Gasteiger partial charge is 0.340 e. The number of anilines is 1. The molecule has 1 unspecified atom stereocenters. The normalized spacial score (nSPS) is 16.4. The van der Waals surface area contributed by atoms with Crippen LogP contribution in [0.3, 0.4) is 0 Å². The molecule has 0 saturated heterocycles. The fourth-order valence-corrected chi connectivity index (χ4v) is 3.57. The van der Waals surface area contributed by atoms with Crippen molar-refractivity contribution < 1.29 is 4.79 Å². The fourth-order valence-electron chi connectivity index (χ4n) is 2.70. The Labute approximate surface area is 153 Å². The quantitative estimate of drug-likeness (QED) is 0.722.